The Hall–Kier alpha value is -2.14. The van der Waals surface area contributed by atoms with Gasteiger partial charge in [-0.1, -0.05) is 29.8 Å². The van der Waals surface area contributed by atoms with E-state index in [0.717, 1.165) is 5.56 Å². The van der Waals surface area contributed by atoms with Gasteiger partial charge in [0.05, 0.1) is 0 Å². The lowest BCUT2D eigenvalue weighted by atomic mass is 10.2. The Morgan fingerprint density at radius 2 is 1.74 bits per heavy atom. The zero-order valence-electron chi connectivity index (χ0n) is 10.2. The van der Waals surface area contributed by atoms with Crippen LogP contribution in [-0.4, -0.2) is 14.7 Å². The molecule has 0 bridgehead atoms. The molecule has 4 nitrogen and oxygen atoms in total. The molecule has 19 heavy (non-hydrogen) atoms. The molecule has 0 aromatic heterocycles. The summed E-state index contributed by atoms with van der Waals surface area (Å²) in [5.74, 6) is 0.208. The Balaban J connectivity index is 2.43. The summed E-state index contributed by atoms with van der Waals surface area (Å²) in [5.41, 5.74) is 0.900. The fraction of sp³-hybridized carbons (Fsp3) is 0.0714. The van der Waals surface area contributed by atoms with Crippen LogP contribution in [0.15, 0.2) is 53.4 Å². The molecule has 0 saturated heterocycles. The third-order valence-electron chi connectivity index (χ3n) is 2.51. The summed E-state index contributed by atoms with van der Waals surface area (Å²) in [7, 11) is -4.00. The standard InChI is InChI=1S/C14H12O4S/c1-11-7-8-14(12(9-11)10-15)19(16,17)18-13-5-3-2-4-6-13/h2-10H,1H3. The van der Waals surface area contributed by atoms with Crippen molar-refractivity contribution in [3.05, 3.63) is 59.7 Å². The lowest BCUT2D eigenvalue weighted by Gasteiger charge is -2.09. The van der Waals surface area contributed by atoms with Gasteiger partial charge in [0.15, 0.2) is 6.29 Å². The molecule has 0 radical (unpaired) electrons. The van der Waals surface area contributed by atoms with Gasteiger partial charge in [0.2, 0.25) is 0 Å². The highest BCUT2D eigenvalue weighted by Crippen LogP contribution is 2.21. The fourth-order valence-electron chi connectivity index (χ4n) is 1.64. The zero-order valence-corrected chi connectivity index (χ0v) is 11.1. The quantitative estimate of drug-likeness (QED) is 0.636. The summed E-state index contributed by atoms with van der Waals surface area (Å²) in [6.07, 6.45) is 0.508. The molecular formula is C14H12O4S. The van der Waals surface area contributed by atoms with Gasteiger partial charge in [-0.05, 0) is 31.2 Å². The first-order valence-corrected chi connectivity index (χ1v) is 6.99. The van der Waals surface area contributed by atoms with Crippen LogP contribution in [0.2, 0.25) is 0 Å². The van der Waals surface area contributed by atoms with Gasteiger partial charge < -0.3 is 4.18 Å². The predicted molar refractivity (Wildman–Crippen MR) is 70.8 cm³/mol. The molecule has 98 valence electrons. The first-order valence-electron chi connectivity index (χ1n) is 5.58. The Kier molecular flexibility index (Phi) is 3.66. The van der Waals surface area contributed by atoms with Crippen LogP contribution in [0.1, 0.15) is 15.9 Å². The largest absolute Gasteiger partial charge is 0.379 e. The van der Waals surface area contributed by atoms with Crippen LogP contribution < -0.4 is 4.18 Å². The molecule has 0 N–H and O–H groups in total. The normalized spacial score (nSPS) is 11.0. The van der Waals surface area contributed by atoms with Gasteiger partial charge in [0.1, 0.15) is 10.6 Å². The minimum absolute atomic E-state index is 0.0935. The highest BCUT2D eigenvalue weighted by molar-refractivity contribution is 7.87. The van der Waals surface area contributed by atoms with Crippen molar-refractivity contribution >= 4 is 16.4 Å². The Labute approximate surface area is 111 Å². The number of aryl methyl sites for hydroxylation is 1. The number of para-hydroxylation sites is 1. The van der Waals surface area contributed by atoms with E-state index in [4.69, 9.17) is 4.18 Å². The summed E-state index contributed by atoms with van der Waals surface area (Å²) in [6.45, 7) is 1.78. The molecule has 0 spiro atoms. The van der Waals surface area contributed by atoms with Crippen molar-refractivity contribution < 1.29 is 17.4 Å². The second kappa shape index (κ2) is 5.24. The molecule has 0 fully saturated rings. The number of carbonyl (C=O) groups is 1. The molecule has 2 rings (SSSR count). The van der Waals surface area contributed by atoms with Crippen molar-refractivity contribution in [2.75, 3.05) is 0 Å². The molecule has 0 heterocycles. The Morgan fingerprint density at radius 3 is 2.37 bits per heavy atom. The van der Waals surface area contributed by atoms with Crippen LogP contribution in [0, 0.1) is 6.92 Å². The SMILES string of the molecule is Cc1ccc(S(=O)(=O)Oc2ccccc2)c(C=O)c1. The average Bonchev–Trinajstić information content (AvgIpc) is 2.38. The maximum Gasteiger partial charge on any atom is 0.339 e. The first kappa shape index (κ1) is 13.3. The lowest BCUT2D eigenvalue weighted by molar-refractivity contribution is 0.112. The van der Waals surface area contributed by atoms with Crippen molar-refractivity contribution in [1.29, 1.82) is 0 Å². The number of hydrogen-bond donors (Lipinski definition) is 0. The average molecular weight is 276 g/mol. The van der Waals surface area contributed by atoms with Crippen LogP contribution in [-0.2, 0) is 10.1 Å². The summed E-state index contributed by atoms with van der Waals surface area (Å²) < 4.78 is 29.2. The molecule has 0 aliphatic rings. The molecule has 2 aromatic carbocycles. The van der Waals surface area contributed by atoms with Crippen LogP contribution in [0.25, 0.3) is 0 Å². The molecule has 0 atom stereocenters. The third kappa shape index (κ3) is 3.00. The van der Waals surface area contributed by atoms with Gasteiger partial charge in [-0.2, -0.15) is 8.42 Å². The van der Waals surface area contributed by atoms with Crippen molar-refractivity contribution in [3.8, 4) is 5.75 Å². The van der Waals surface area contributed by atoms with E-state index in [2.05, 4.69) is 0 Å². The lowest BCUT2D eigenvalue weighted by Crippen LogP contribution is -2.12. The summed E-state index contributed by atoms with van der Waals surface area (Å²) in [6, 6.07) is 12.7. The predicted octanol–water partition coefficient (Wildman–Crippen LogP) is 2.58. The number of rotatable bonds is 4. The Morgan fingerprint density at radius 1 is 1.05 bits per heavy atom. The number of carbonyl (C=O) groups excluding carboxylic acids is 1. The van der Waals surface area contributed by atoms with Gasteiger partial charge in [0, 0.05) is 5.56 Å². The van der Waals surface area contributed by atoms with Crippen LogP contribution in [0.3, 0.4) is 0 Å². The number of benzene rings is 2. The van der Waals surface area contributed by atoms with E-state index in [1.807, 2.05) is 0 Å². The molecule has 0 amide bonds. The van der Waals surface area contributed by atoms with Crippen molar-refractivity contribution in [2.45, 2.75) is 11.8 Å². The maximum atomic E-state index is 12.1. The van der Waals surface area contributed by atoms with Gasteiger partial charge in [-0.25, -0.2) is 0 Å². The second-order valence-electron chi connectivity index (χ2n) is 4.01. The Bertz CT molecular complexity index is 691. The first-order chi connectivity index (χ1) is 9.03. The molecule has 0 aliphatic carbocycles. The van der Waals surface area contributed by atoms with Crippen molar-refractivity contribution in [3.63, 3.8) is 0 Å². The van der Waals surface area contributed by atoms with E-state index in [0.29, 0.717) is 6.29 Å². The van der Waals surface area contributed by atoms with E-state index >= 15 is 0 Å². The van der Waals surface area contributed by atoms with E-state index in [9.17, 15) is 13.2 Å². The highest BCUT2D eigenvalue weighted by Gasteiger charge is 2.20. The second-order valence-corrected chi connectivity index (χ2v) is 5.52. The van der Waals surface area contributed by atoms with E-state index in [-0.39, 0.29) is 16.2 Å². The van der Waals surface area contributed by atoms with Crippen LogP contribution in [0.4, 0.5) is 0 Å². The van der Waals surface area contributed by atoms with Gasteiger partial charge in [-0.15, -0.1) is 0 Å². The monoisotopic (exact) mass is 276 g/mol. The molecule has 0 saturated carbocycles. The third-order valence-corrected chi connectivity index (χ3v) is 3.83. The van der Waals surface area contributed by atoms with Gasteiger partial charge in [-0.3, -0.25) is 4.79 Å². The number of hydrogen-bond acceptors (Lipinski definition) is 4. The smallest absolute Gasteiger partial charge is 0.339 e. The van der Waals surface area contributed by atoms with Crippen LogP contribution in [0.5, 0.6) is 5.75 Å². The minimum Gasteiger partial charge on any atom is -0.379 e. The topological polar surface area (TPSA) is 60.4 Å². The van der Waals surface area contributed by atoms with E-state index in [1.54, 1.807) is 31.2 Å². The summed E-state index contributed by atoms with van der Waals surface area (Å²) in [4.78, 5) is 10.8. The van der Waals surface area contributed by atoms with E-state index < -0.39 is 10.1 Å². The van der Waals surface area contributed by atoms with Gasteiger partial charge >= 0.3 is 10.1 Å². The molecule has 2 aromatic rings. The minimum atomic E-state index is -4.00. The molecule has 0 unspecified atom stereocenters. The molecular weight excluding hydrogens is 264 g/mol. The molecule has 0 aliphatic heterocycles. The number of aldehydes is 1. The molecule has 5 heteroatoms. The van der Waals surface area contributed by atoms with Crippen molar-refractivity contribution in [2.24, 2.45) is 0 Å². The maximum absolute atomic E-state index is 12.1. The zero-order chi connectivity index (χ0) is 13.9. The summed E-state index contributed by atoms with van der Waals surface area (Å²) >= 11 is 0. The van der Waals surface area contributed by atoms with Gasteiger partial charge in [0.25, 0.3) is 0 Å². The van der Waals surface area contributed by atoms with Crippen molar-refractivity contribution in [1.82, 2.24) is 0 Å². The van der Waals surface area contributed by atoms with Crippen LogP contribution >= 0.6 is 0 Å². The summed E-state index contributed by atoms with van der Waals surface area (Å²) in [5, 5.41) is 0. The van der Waals surface area contributed by atoms with E-state index in [1.165, 1.54) is 24.3 Å². The fourth-order valence-corrected chi connectivity index (χ4v) is 2.72. The highest BCUT2D eigenvalue weighted by atomic mass is 32.2.